The minimum absolute atomic E-state index is 0.208. The molecule has 164 valence electrons. The van der Waals surface area contributed by atoms with Gasteiger partial charge in [-0.3, -0.25) is 4.40 Å². The Morgan fingerprint density at radius 2 is 1.91 bits per heavy atom. The molecule has 1 aliphatic rings. The first kappa shape index (κ1) is 20.6. The van der Waals surface area contributed by atoms with E-state index in [1.807, 2.05) is 0 Å². The second-order valence-corrected chi connectivity index (χ2v) is 11.2. The van der Waals surface area contributed by atoms with Gasteiger partial charge in [0.15, 0.2) is 0 Å². The Hall–Kier alpha value is -3.25. The predicted octanol–water partition coefficient (Wildman–Crippen LogP) is 4.47. The predicted molar refractivity (Wildman–Crippen MR) is 120 cm³/mol. The van der Waals surface area contributed by atoms with Gasteiger partial charge >= 0.3 is 0 Å². The fourth-order valence-corrected chi connectivity index (χ4v) is 5.11. The number of halogens is 2. The molecule has 32 heavy (non-hydrogen) atoms. The zero-order valence-electron chi connectivity index (χ0n) is 17.6. The molecular formula is C23H21F2N4O2P. The number of imidazole rings is 1. The van der Waals surface area contributed by atoms with Gasteiger partial charge in [0, 0.05) is 35.9 Å². The van der Waals surface area contributed by atoms with E-state index in [9.17, 15) is 13.3 Å². The Bertz CT molecular complexity index is 1380. The van der Waals surface area contributed by atoms with E-state index in [-0.39, 0.29) is 18.2 Å². The zero-order valence-corrected chi connectivity index (χ0v) is 18.5. The Kier molecular flexibility index (Phi) is 4.97. The molecule has 0 fully saturated rings. The van der Waals surface area contributed by atoms with Gasteiger partial charge in [-0.25, -0.2) is 18.7 Å². The van der Waals surface area contributed by atoms with E-state index >= 15 is 0 Å². The van der Waals surface area contributed by atoms with E-state index in [0.717, 1.165) is 11.1 Å². The third-order valence-corrected chi connectivity index (χ3v) is 6.92. The summed E-state index contributed by atoms with van der Waals surface area (Å²) in [5.74, 6) is 0.492. The second-order valence-electron chi connectivity index (χ2n) is 8.09. The molecular weight excluding hydrogens is 433 g/mol. The average molecular weight is 454 g/mol. The highest BCUT2D eigenvalue weighted by Crippen LogP contribution is 2.39. The van der Waals surface area contributed by atoms with Crippen molar-refractivity contribution in [2.45, 2.75) is 13.0 Å². The van der Waals surface area contributed by atoms with Gasteiger partial charge in [-0.15, -0.1) is 0 Å². The van der Waals surface area contributed by atoms with Crippen molar-refractivity contribution < 1.29 is 18.1 Å². The van der Waals surface area contributed by atoms with Gasteiger partial charge in [0.2, 0.25) is 5.95 Å². The number of fused-ring (bicyclic) bond motifs is 2. The van der Waals surface area contributed by atoms with Crippen molar-refractivity contribution in [1.29, 1.82) is 0 Å². The van der Waals surface area contributed by atoms with E-state index < -0.39 is 7.14 Å². The summed E-state index contributed by atoms with van der Waals surface area (Å²) in [5, 5.41) is 3.19. The molecule has 2 aromatic carbocycles. The molecule has 0 saturated heterocycles. The van der Waals surface area contributed by atoms with Crippen molar-refractivity contribution in [2.24, 2.45) is 0 Å². The van der Waals surface area contributed by atoms with Crippen molar-refractivity contribution in [1.82, 2.24) is 14.4 Å². The van der Waals surface area contributed by atoms with Gasteiger partial charge in [-0.05, 0) is 43.2 Å². The number of hydrogen-bond acceptors (Lipinski definition) is 5. The first-order valence-corrected chi connectivity index (χ1v) is 12.8. The first-order chi connectivity index (χ1) is 15.3. The molecule has 0 spiro atoms. The lowest BCUT2D eigenvalue weighted by molar-refractivity contribution is 0.356. The van der Waals surface area contributed by atoms with Crippen LogP contribution in [0.15, 0.2) is 48.9 Å². The lowest BCUT2D eigenvalue weighted by Gasteiger charge is -2.14. The van der Waals surface area contributed by atoms with Gasteiger partial charge in [0.1, 0.15) is 36.3 Å². The number of aromatic nitrogens is 3. The smallest absolute Gasteiger partial charge is 0.209 e. The molecule has 0 unspecified atom stereocenters. The summed E-state index contributed by atoms with van der Waals surface area (Å²) in [6.45, 7) is 4.05. The normalized spacial score (nSPS) is 13.2. The first-order valence-electron chi connectivity index (χ1n) is 10.2. The van der Waals surface area contributed by atoms with Gasteiger partial charge in [0.05, 0.1) is 12.1 Å². The van der Waals surface area contributed by atoms with Crippen molar-refractivity contribution in [3.63, 3.8) is 0 Å². The summed E-state index contributed by atoms with van der Waals surface area (Å²) in [4.78, 5) is 8.93. The zero-order chi connectivity index (χ0) is 22.5. The van der Waals surface area contributed by atoms with Gasteiger partial charge < -0.3 is 14.6 Å². The molecule has 5 rings (SSSR count). The van der Waals surface area contributed by atoms with Gasteiger partial charge in [0.25, 0.3) is 0 Å². The number of benzene rings is 2. The van der Waals surface area contributed by atoms with Crippen molar-refractivity contribution >= 4 is 24.0 Å². The largest absolute Gasteiger partial charge is 0.493 e. The van der Waals surface area contributed by atoms with Crippen LogP contribution in [0.5, 0.6) is 5.75 Å². The summed E-state index contributed by atoms with van der Waals surface area (Å²) >= 11 is 0. The molecule has 0 aliphatic carbocycles. The molecule has 2 aromatic heterocycles. The molecule has 1 aliphatic heterocycles. The highest BCUT2D eigenvalue weighted by Gasteiger charge is 2.24. The van der Waals surface area contributed by atoms with Crippen LogP contribution in [0.3, 0.4) is 0 Å². The monoisotopic (exact) mass is 454 g/mol. The molecule has 0 atom stereocenters. The Morgan fingerprint density at radius 3 is 2.66 bits per heavy atom. The molecule has 0 radical (unpaired) electrons. The molecule has 0 amide bonds. The summed E-state index contributed by atoms with van der Waals surface area (Å²) in [5.41, 5.74) is 3.90. The number of ether oxygens (including phenoxy) is 1. The second kappa shape index (κ2) is 7.71. The Morgan fingerprint density at radius 1 is 1.12 bits per heavy atom. The maximum absolute atomic E-state index is 14.5. The fourth-order valence-electron chi connectivity index (χ4n) is 4.04. The van der Waals surface area contributed by atoms with Crippen LogP contribution in [0, 0.1) is 11.6 Å². The molecule has 1 N–H and O–H groups in total. The highest BCUT2D eigenvalue weighted by molar-refractivity contribution is 7.70. The minimum Gasteiger partial charge on any atom is -0.493 e. The molecule has 4 aromatic rings. The number of nitrogens with one attached hydrogen (secondary N) is 1. The molecule has 0 bridgehead atoms. The lowest BCUT2D eigenvalue weighted by Crippen LogP contribution is -2.12. The van der Waals surface area contributed by atoms with Crippen LogP contribution in [0.1, 0.15) is 11.1 Å². The maximum Gasteiger partial charge on any atom is 0.209 e. The third kappa shape index (κ3) is 3.54. The Balaban J connectivity index is 1.59. The van der Waals surface area contributed by atoms with Crippen LogP contribution in [0.2, 0.25) is 0 Å². The average Bonchev–Trinajstić information content (AvgIpc) is 3.41. The third-order valence-electron chi connectivity index (χ3n) is 5.58. The lowest BCUT2D eigenvalue weighted by atomic mass is 10.0. The maximum atomic E-state index is 14.5. The van der Waals surface area contributed by atoms with E-state index in [1.165, 1.54) is 18.2 Å². The summed E-state index contributed by atoms with van der Waals surface area (Å²) in [6.07, 6.45) is 3.85. The van der Waals surface area contributed by atoms with Gasteiger partial charge in [-0.1, -0.05) is 12.1 Å². The topological polar surface area (TPSA) is 68.5 Å². The number of rotatable bonds is 5. The van der Waals surface area contributed by atoms with Crippen molar-refractivity contribution in [3.05, 3.63) is 71.7 Å². The number of anilines is 1. The SMILES string of the molecule is CP(C)(=O)c1ncn2c(NCc3c(F)ccc4c3CCO4)ncc(-c3ccc(F)cc3)c12. The molecule has 9 heteroatoms. The molecule has 0 saturated carbocycles. The van der Waals surface area contributed by atoms with E-state index in [1.54, 1.807) is 48.5 Å². The van der Waals surface area contributed by atoms with Crippen LogP contribution in [0.25, 0.3) is 16.6 Å². The van der Waals surface area contributed by atoms with Crippen LogP contribution in [-0.4, -0.2) is 34.3 Å². The molecule has 3 heterocycles. The summed E-state index contributed by atoms with van der Waals surface area (Å²) in [7, 11) is -2.73. The number of nitrogens with zero attached hydrogens (tertiary/aromatic N) is 3. The minimum atomic E-state index is -2.73. The van der Waals surface area contributed by atoms with Crippen molar-refractivity contribution in [3.8, 4) is 16.9 Å². The summed E-state index contributed by atoms with van der Waals surface area (Å²) in [6, 6.07) is 9.09. The standard InChI is InChI=1S/C23H21F2N4O2P/c1-32(2,30)22-21-17(14-3-5-15(24)6-4-14)11-26-23(29(21)13-28-22)27-12-18-16-9-10-31-20(16)8-7-19(18)25/h3-8,11,13H,9-10,12H2,1-2H3,(H,26,27). The fraction of sp³-hybridized carbons (Fsp3) is 0.217. The summed E-state index contributed by atoms with van der Waals surface area (Å²) < 4.78 is 48.2. The Labute approximate surface area is 183 Å². The highest BCUT2D eigenvalue weighted by atomic mass is 31.2. The van der Waals surface area contributed by atoms with Crippen LogP contribution in [-0.2, 0) is 17.5 Å². The van der Waals surface area contributed by atoms with E-state index in [2.05, 4.69) is 15.3 Å². The quantitative estimate of drug-likeness (QED) is 0.451. The van der Waals surface area contributed by atoms with Crippen LogP contribution < -0.4 is 15.5 Å². The van der Waals surface area contributed by atoms with E-state index in [4.69, 9.17) is 4.74 Å². The molecule has 6 nitrogen and oxygen atoms in total. The van der Waals surface area contributed by atoms with Crippen LogP contribution in [0.4, 0.5) is 14.7 Å². The number of hydrogen-bond donors (Lipinski definition) is 1. The van der Waals surface area contributed by atoms with Crippen molar-refractivity contribution in [2.75, 3.05) is 25.3 Å². The van der Waals surface area contributed by atoms with Gasteiger partial charge in [-0.2, -0.15) is 0 Å². The van der Waals surface area contributed by atoms with E-state index in [0.29, 0.717) is 46.8 Å². The van der Waals surface area contributed by atoms with Crippen LogP contribution >= 0.6 is 7.14 Å².